The Morgan fingerprint density at radius 1 is 0.495 bits per heavy atom. The van der Waals surface area contributed by atoms with E-state index >= 15 is 0 Å². The summed E-state index contributed by atoms with van der Waals surface area (Å²) in [4.78, 5) is 13.2. The van der Waals surface area contributed by atoms with Crippen molar-refractivity contribution in [3.05, 3.63) is 11.6 Å². The molecule has 36 atom stereocenters. The minimum absolute atomic E-state index is 0.00846. The molecule has 10 fully saturated rings. The van der Waals surface area contributed by atoms with Crippen molar-refractivity contribution in [2.75, 3.05) is 26.4 Å². The normalized spacial score (nSPS) is 54.7. The predicted octanol–water partition coefficient (Wildman–Crippen LogP) is -2.49. The average Bonchev–Trinajstić information content (AvgIpc) is 0.677. The van der Waals surface area contributed by atoms with Crippen molar-refractivity contribution in [1.29, 1.82) is 0 Å². The van der Waals surface area contributed by atoms with Gasteiger partial charge in [-0.05, 0) is 123 Å². The molecule has 5 aliphatic carbocycles. The standard InChI is InChI=1S/C64H104O29/c1-25-36(66)42(72)46(76)52(86-25)83-22-30-39(69)43(73)47(77)53(88-30)84-23-31-40(70)44(74)48(78)55(89-31)90-32-24-85-54(45(75)41(32)71)92-50-37(67)26(2)87-56(49(50)79)93-51-38(68)29(65)21-82-57(51)91-35-13-14-61(7)33(60(35,5)6)12-15-63(9)34(61)11-10-27-28-20-59(3,4)16-18-64(28,58(80)81)19-17-62(27,63)8/h10,25-26,28-57,65-79H,11-24H2,1-9H3,(H,80,81). The molecule has 6 aliphatic heterocycles. The summed E-state index contributed by atoms with van der Waals surface area (Å²) in [7, 11) is 0. The van der Waals surface area contributed by atoms with Gasteiger partial charge >= 0.3 is 5.97 Å². The lowest BCUT2D eigenvalue weighted by molar-refractivity contribution is -0.383. The summed E-state index contributed by atoms with van der Waals surface area (Å²) in [5.74, 6) is -0.183. The van der Waals surface area contributed by atoms with E-state index < -0.39 is 215 Å². The maximum absolute atomic E-state index is 13.2. The molecule has 0 aromatic heterocycles. The highest BCUT2D eigenvalue weighted by atomic mass is 16.8. The summed E-state index contributed by atoms with van der Waals surface area (Å²) in [6.45, 7) is 16.9. The lowest BCUT2D eigenvalue weighted by Gasteiger charge is -2.71. The zero-order valence-electron chi connectivity index (χ0n) is 54.4. The summed E-state index contributed by atoms with van der Waals surface area (Å²) in [5.41, 5.74) is -0.177. The molecule has 29 nitrogen and oxygen atoms in total. The van der Waals surface area contributed by atoms with E-state index in [0.717, 1.165) is 44.9 Å². The Hall–Kier alpha value is -1.87. The molecule has 0 aromatic carbocycles. The lowest BCUT2D eigenvalue weighted by atomic mass is 9.33. The van der Waals surface area contributed by atoms with Crippen molar-refractivity contribution in [2.24, 2.45) is 50.2 Å². The third kappa shape index (κ3) is 12.7. The fraction of sp³-hybridized carbons (Fsp3) is 0.953. The van der Waals surface area contributed by atoms with Crippen LogP contribution in [0.2, 0.25) is 0 Å². The largest absolute Gasteiger partial charge is 0.481 e. The SMILES string of the molecule is CC1OC(OCC2OC(OCC3OC(OC4COC(OC5C(O)C(C)OC(OC6C(OC7CCC8(C)C(CCC9(C)C8CC=C8C%10CC(C)(C)CCC%10(C(=O)O)CCC89C)C7(C)C)OCC(O)C6O)C5O)C(O)C4O)C(O)C(O)C3O)C(O)C(O)C2O)C(O)C(O)C1O. The van der Waals surface area contributed by atoms with Crippen LogP contribution in [0.15, 0.2) is 11.6 Å². The highest BCUT2D eigenvalue weighted by Gasteiger charge is 2.70. The highest BCUT2D eigenvalue weighted by molar-refractivity contribution is 5.76. The number of ether oxygens (including phenoxy) is 12. The van der Waals surface area contributed by atoms with Crippen molar-refractivity contribution in [3.8, 4) is 0 Å². The molecule has 6 heterocycles. The Labute approximate surface area is 540 Å². The smallest absolute Gasteiger partial charge is 0.310 e. The molecule has 16 N–H and O–H groups in total. The van der Waals surface area contributed by atoms with Gasteiger partial charge in [0.05, 0.1) is 50.2 Å². The number of aliphatic hydroxyl groups excluding tert-OH is 15. The molecule has 29 heteroatoms. The van der Waals surface area contributed by atoms with Crippen molar-refractivity contribution < 1.29 is 143 Å². The van der Waals surface area contributed by atoms with Crippen LogP contribution in [0.3, 0.4) is 0 Å². The van der Waals surface area contributed by atoms with E-state index in [1.807, 2.05) is 0 Å². The molecule has 0 bridgehead atoms. The van der Waals surface area contributed by atoms with Gasteiger partial charge in [0, 0.05) is 0 Å². The van der Waals surface area contributed by atoms with Crippen molar-refractivity contribution in [2.45, 2.75) is 305 Å². The van der Waals surface area contributed by atoms with E-state index in [0.29, 0.717) is 25.2 Å². The monoisotopic (exact) mass is 1340 g/mol. The number of carbonyl (C=O) groups is 1. The average molecular weight is 1340 g/mol. The second-order valence-corrected chi connectivity index (χ2v) is 31.0. The summed E-state index contributed by atoms with van der Waals surface area (Å²) in [6, 6.07) is 0. The molecular weight excluding hydrogens is 1230 g/mol. The van der Waals surface area contributed by atoms with Crippen LogP contribution in [0.1, 0.15) is 127 Å². The van der Waals surface area contributed by atoms with E-state index in [1.165, 1.54) is 19.4 Å². The zero-order valence-corrected chi connectivity index (χ0v) is 54.4. The number of carboxylic acid groups (broad SMARTS) is 1. The van der Waals surface area contributed by atoms with Crippen LogP contribution in [0.4, 0.5) is 0 Å². The first-order valence-electron chi connectivity index (χ1n) is 33.4. The molecule has 11 rings (SSSR count). The quantitative estimate of drug-likeness (QED) is 0.0596. The molecule has 534 valence electrons. The zero-order chi connectivity index (χ0) is 67.7. The molecule has 0 aromatic rings. The molecule has 36 unspecified atom stereocenters. The van der Waals surface area contributed by atoms with Crippen LogP contribution < -0.4 is 0 Å². The van der Waals surface area contributed by atoms with Crippen LogP contribution in [0.5, 0.6) is 0 Å². The van der Waals surface area contributed by atoms with Gasteiger partial charge in [-0.15, -0.1) is 0 Å². The van der Waals surface area contributed by atoms with Gasteiger partial charge in [0.1, 0.15) is 122 Å². The van der Waals surface area contributed by atoms with Crippen LogP contribution in [-0.2, 0) is 61.6 Å². The van der Waals surface area contributed by atoms with E-state index in [2.05, 4.69) is 54.5 Å². The molecule has 6 saturated heterocycles. The maximum Gasteiger partial charge on any atom is 0.310 e. The number of allylic oxidation sites excluding steroid dienone is 2. The Kier molecular flexibility index (Phi) is 20.9. The van der Waals surface area contributed by atoms with Gasteiger partial charge in [0.2, 0.25) is 0 Å². The Morgan fingerprint density at radius 2 is 1.03 bits per heavy atom. The first-order valence-corrected chi connectivity index (χ1v) is 33.4. The maximum atomic E-state index is 13.2. The third-order valence-electron chi connectivity index (χ3n) is 24.8. The van der Waals surface area contributed by atoms with Gasteiger partial charge in [-0.2, -0.15) is 0 Å². The van der Waals surface area contributed by atoms with Gasteiger partial charge in [0.25, 0.3) is 0 Å². The summed E-state index contributed by atoms with van der Waals surface area (Å²) >= 11 is 0. The summed E-state index contributed by atoms with van der Waals surface area (Å²) in [5, 5.41) is 175. The Bertz CT molecular complexity index is 2620. The fourth-order valence-electron chi connectivity index (χ4n) is 18.7. The molecule has 0 spiro atoms. The molecular formula is C64H104O29. The van der Waals surface area contributed by atoms with Crippen LogP contribution >= 0.6 is 0 Å². The molecule has 4 saturated carbocycles. The second kappa shape index (κ2) is 26.9. The number of aliphatic hydroxyl groups is 15. The van der Waals surface area contributed by atoms with Gasteiger partial charge in [-0.1, -0.05) is 60.1 Å². The minimum atomic E-state index is -2.00. The second-order valence-electron chi connectivity index (χ2n) is 31.0. The Balaban J connectivity index is 0.703. The molecule has 0 radical (unpaired) electrons. The van der Waals surface area contributed by atoms with E-state index in [-0.39, 0.29) is 40.1 Å². The van der Waals surface area contributed by atoms with Crippen molar-refractivity contribution in [1.82, 2.24) is 0 Å². The fourth-order valence-corrected chi connectivity index (χ4v) is 18.7. The molecule has 93 heavy (non-hydrogen) atoms. The third-order valence-corrected chi connectivity index (χ3v) is 24.8. The molecule has 11 aliphatic rings. The Morgan fingerprint density at radius 3 is 1.68 bits per heavy atom. The van der Waals surface area contributed by atoms with Gasteiger partial charge in [-0.25, -0.2) is 0 Å². The first kappa shape index (κ1) is 72.4. The van der Waals surface area contributed by atoms with E-state index in [4.69, 9.17) is 56.8 Å². The molecule has 0 amide bonds. The van der Waals surface area contributed by atoms with Crippen LogP contribution in [-0.4, -0.2) is 292 Å². The number of carboxylic acids is 1. The number of aliphatic carboxylic acids is 1. The van der Waals surface area contributed by atoms with Crippen LogP contribution in [0.25, 0.3) is 0 Å². The van der Waals surface area contributed by atoms with Gasteiger partial charge in [0.15, 0.2) is 37.7 Å². The number of rotatable bonds is 15. The lowest BCUT2D eigenvalue weighted by Crippen LogP contribution is -2.66. The first-order chi connectivity index (χ1) is 43.5. The minimum Gasteiger partial charge on any atom is -0.481 e. The van der Waals surface area contributed by atoms with Gasteiger partial charge in [-0.3, -0.25) is 4.79 Å². The van der Waals surface area contributed by atoms with E-state index in [9.17, 15) is 86.5 Å². The van der Waals surface area contributed by atoms with Crippen molar-refractivity contribution in [3.63, 3.8) is 0 Å². The van der Waals surface area contributed by atoms with E-state index in [1.54, 1.807) is 0 Å². The number of hydrogen-bond donors (Lipinski definition) is 16. The predicted molar refractivity (Wildman–Crippen MR) is 314 cm³/mol. The number of hydrogen-bond acceptors (Lipinski definition) is 28. The summed E-state index contributed by atoms with van der Waals surface area (Å²) in [6.07, 6.45) is -36.4. The highest BCUT2D eigenvalue weighted by Crippen LogP contribution is 2.76. The van der Waals surface area contributed by atoms with Crippen molar-refractivity contribution >= 4 is 5.97 Å². The number of fused-ring (bicyclic) bond motifs is 7. The topological polar surface area (TPSA) is 452 Å². The van der Waals surface area contributed by atoms with Crippen LogP contribution in [0, 0.1) is 50.2 Å². The summed E-state index contributed by atoms with van der Waals surface area (Å²) < 4.78 is 70.9. The van der Waals surface area contributed by atoms with Gasteiger partial charge < -0.3 is 139 Å².